The minimum absolute atomic E-state index is 0.0238. The lowest BCUT2D eigenvalue weighted by molar-refractivity contribution is -0.384. The second-order valence-electron chi connectivity index (χ2n) is 9.10. The number of piperazine rings is 1. The summed E-state index contributed by atoms with van der Waals surface area (Å²) in [6.45, 7) is 7.45. The number of carbonyl (C=O) groups excluding carboxylic acids is 2. The fourth-order valence-electron chi connectivity index (χ4n) is 4.65. The lowest BCUT2D eigenvalue weighted by atomic mass is 9.94. The second kappa shape index (κ2) is 10.7. The van der Waals surface area contributed by atoms with Crippen LogP contribution in [0.4, 0.5) is 5.69 Å². The normalized spacial score (nSPS) is 18.9. The first-order chi connectivity index (χ1) is 14.9. The van der Waals surface area contributed by atoms with Crippen molar-refractivity contribution >= 4 is 17.5 Å². The Labute approximate surface area is 184 Å². The number of nitro benzene ring substituents is 1. The van der Waals surface area contributed by atoms with Crippen molar-refractivity contribution in [2.24, 2.45) is 11.8 Å². The molecule has 0 bridgehead atoms. The zero-order valence-corrected chi connectivity index (χ0v) is 18.6. The number of non-ortho nitro benzene ring substituents is 1. The monoisotopic (exact) mass is 430 g/mol. The van der Waals surface area contributed by atoms with Gasteiger partial charge in [0.1, 0.15) is 0 Å². The van der Waals surface area contributed by atoms with Crippen molar-refractivity contribution in [1.82, 2.24) is 15.1 Å². The Morgan fingerprint density at radius 2 is 1.71 bits per heavy atom. The average molecular weight is 431 g/mol. The first-order valence-corrected chi connectivity index (χ1v) is 11.4. The highest BCUT2D eigenvalue weighted by molar-refractivity contribution is 5.94. The van der Waals surface area contributed by atoms with Crippen LogP contribution in [0.25, 0.3) is 0 Å². The molecule has 2 fully saturated rings. The van der Waals surface area contributed by atoms with Gasteiger partial charge < -0.3 is 10.2 Å². The van der Waals surface area contributed by atoms with Crippen molar-refractivity contribution in [2.75, 3.05) is 32.7 Å². The first-order valence-electron chi connectivity index (χ1n) is 11.4. The van der Waals surface area contributed by atoms with Gasteiger partial charge in [-0.1, -0.05) is 26.7 Å². The molecule has 0 spiro atoms. The molecule has 3 rings (SSSR count). The van der Waals surface area contributed by atoms with Gasteiger partial charge in [-0.15, -0.1) is 0 Å². The van der Waals surface area contributed by atoms with Crippen molar-refractivity contribution in [3.8, 4) is 0 Å². The minimum atomic E-state index is -0.470. The van der Waals surface area contributed by atoms with E-state index in [0.717, 1.165) is 19.3 Å². The van der Waals surface area contributed by atoms with Crippen LogP contribution >= 0.6 is 0 Å². The van der Waals surface area contributed by atoms with Crippen LogP contribution in [0.5, 0.6) is 0 Å². The second-order valence-corrected chi connectivity index (χ2v) is 9.10. The van der Waals surface area contributed by atoms with Gasteiger partial charge in [0.05, 0.1) is 11.0 Å². The molecular weight excluding hydrogens is 396 g/mol. The standard InChI is InChI=1S/C23H34N4O4/c1-17(2)11-12-24-22(28)21(18-5-3-4-6-18)25-13-15-26(16-14-25)23(29)19-7-9-20(10-8-19)27(30)31/h7-10,17-18,21H,3-6,11-16H2,1-2H3,(H,24,28)/t21-/m0/s1. The summed E-state index contributed by atoms with van der Waals surface area (Å²) < 4.78 is 0. The van der Waals surface area contributed by atoms with E-state index in [1.54, 1.807) is 4.90 Å². The molecule has 1 saturated heterocycles. The number of nitrogens with zero attached hydrogens (tertiary/aromatic N) is 3. The van der Waals surface area contributed by atoms with Gasteiger partial charge in [-0.2, -0.15) is 0 Å². The van der Waals surface area contributed by atoms with Crippen molar-refractivity contribution in [1.29, 1.82) is 0 Å². The first kappa shape index (κ1) is 23.2. The molecule has 0 radical (unpaired) electrons. The number of rotatable bonds is 8. The van der Waals surface area contributed by atoms with Crippen LogP contribution in [0.1, 0.15) is 56.3 Å². The van der Waals surface area contributed by atoms with Crippen molar-refractivity contribution in [2.45, 2.75) is 52.0 Å². The van der Waals surface area contributed by atoms with Crippen LogP contribution in [-0.4, -0.2) is 65.3 Å². The van der Waals surface area contributed by atoms with Gasteiger partial charge >= 0.3 is 0 Å². The maximum absolute atomic E-state index is 13.0. The Kier molecular flexibility index (Phi) is 8.01. The Morgan fingerprint density at radius 1 is 1.10 bits per heavy atom. The van der Waals surface area contributed by atoms with Gasteiger partial charge in [0, 0.05) is 50.4 Å². The van der Waals surface area contributed by atoms with E-state index in [4.69, 9.17) is 0 Å². The van der Waals surface area contributed by atoms with Crippen LogP contribution in [-0.2, 0) is 4.79 Å². The van der Waals surface area contributed by atoms with E-state index in [2.05, 4.69) is 24.1 Å². The number of amides is 2. The Morgan fingerprint density at radius 3 is 2.26 bits per heavy atom. The van der Waals surface area contributed by atoms with Crippen molar-refractivity contribution in [3.05, 3.63) is 39.9 Å². The highest BCUT2D eigenvalue weighted by Gasteiger charge is 2.37. The molecule has 1 aliphatic heterocycles. The predicted molar refractivity (Wildman–Crippen MR) is 119 cm³/mol. The summed E-state index contributed by atoms with van der Waals surface area (Å²) in [7, 11) is 0. The summed E-state index contributed by atoms with van der Waals surface area (Å²) >= 11 is 0. The predicted octanol–water partition coefficient (Wildman–Crippen LogP) is 3.07. The van der Waals surface area contributed by atoms with Crippen LogP contribution in [0.2, 0.25) is 0 Å². The molecule has 0 unspecified atom stereocenters. The maximum Gasteiger partial charge on any atom is 0.269 e. The van der Waals surface area contributed by atoms with E-state index in [-0.39, 0.29) is 23.5 Å². The molecule has 1 saturated carbocycles. The van der Waals surface area contributed by atoms with E-state index >= 15 is 0 Å². The summed E-state index contributed by atoms with van der Waals surface area (Å²) in [4.78, 5) is 40.2. The van der Waals surface area contributed by atoms with E-state index in [1.807, 2.05) is 0 Å². The third-order valence-electron chi connectivity index (χ3n) is 6.46. The number of hydrogen-bond donors (Lipinski definition) is 1. The highest BCUT2D eigenvalue weighted by Crippen LogP contribution is 2.31. The summed E-state index contributed by atoms with van der Waals surface area (Å²) in [6, 6.07) is 5.63. The number of carbonyl (C=O) groups is 2. The van der Waals surface area contributed by atoms with Gasteiger partial charge in [0.15, 0.2) is 0 Å². The van der Waals surface area contributed by atoms with Crippen LogP contribution < -0.4 is 5.32 Å². The van der Waals surface area contributed by atoms with E-state index < -0.39 is 4.92 Å². The summed E-state index contributed by atoms with van der Waals surface area (Å²) in [5.41, 5.74) is 0.432. The molecule has 31 heavy (non-hydrogen) atoms. The molecule has 1 N–H and O–H groups in total. The quantitative estimate of drug-likeness (QED) is 0.505. The third kappa shape index (κ3) is 6.03. The fraction of sp³-hybridized carbons (Fsp3) is 0.652. The smallest absolute Gasteiger partial charge is 0.269 e. The molecule has 1 aliphatic carbocycles. The van der Waals surface area contributed by atoms with Gasteiger partial charge in [-0.25, -0.2) is 0 Å². The third-order valence-corrected chi connectivity index (χ3v) is 6.46. The molecule has 1 atom stereocenters. The van der Waals surface area contributed by atoms with E-state index in [1.165, 1.54) is 37.1 Å². The highest BCUT2D eigenvalue weighted by atomic mass is 16.6. The molecule has 2 aliphatic rings. The van der Waals surface area contributed by atoms with Gasteiger partial charge in [-0.3, -0.25) is 24.6 Å². The summed E-state index contributed by atoms with van der Waals surface area (Å²) in [6.07, 6.45) is 5.51. The summed E-state index contributed by atoms with van der Waals surface area (Å²) in [5, 5.41) is 14.0. The largest absolute Gasteiger partial charge is 0.355 e. The molecule has 1 aromatic carbocycles. The van der Waals surface area contributed by atoms with Crippen molar-refractivity contribution in [3.63, 3.8) is 0 Å². The number of nitrogens with one attached hydrogen (secondary N) is 1. The lowest BCUT2D eigenvalue weighted by Crippen LogP contribution is -2.58. The molecule has 8 nitrogen and oxygen atoms in total. The molecule has 0 aromatic heterocycles. The molecule has 2 amide bonds. The van der Waals surface area contributed by atoms with Crippen LogP contribution in [0, 0.1) is 22.0 Å². The maximum atomic E-state index is 13.0. The lowest BCUT2D eigenvalue weighted by Gasteiger charge is -2.40. The molecule has 8 heteroatoms. The molecular formula is C23H34N4O4. The van der Waals surface area contributed by atoms with Crippen molar-refractivity contribution < 1.29 is 14.5 Å². The zero-order chi connectivity index (χ0) is 22.4. The van der Waals surface area contributed by atoms with E-state index in [0.29, 0.717) is 50.1 Å². The number of nitro groups is 1. The Bertz CT molecular complexity index is 766. The molecule has 1 heterocycles. The minimum Gasteiger partial charge on any atom is -0.355 e. The topological polar surface area (TPSA) is 95.8 Å². The zero-order valence-electron chi connectivity index (χ0n) is 18.6. The number of hydrogen-bond acceptors (Lipinski definition) is 5. The van der Waals surface area contributed by atoms with Crippen LogP contribution in [0.3, 0.4) is 0 Å². The fourth-order valence-corrected chi connectivity index (χ4v) is 4.65. The SMILES string of the molecule is CC(C)CCNC(=O)[C@H](C1CCCC1)N1CCN(C(=O)c2ccc([N+](=O)[O-])cc2)CC1. The number of benzene rings is 1. The van der Waals surface area contributed by atoms with Gasteiger partial charge in [0.25, 0.3) is 11.6 Å². The van der Waals surface area contributed by atoms with E-state index in [9.17, 15) is 19.7 Å². The summed E-state index contributed by atoms with van der Waals surface area (Å²) in [5.74, 6) is 0.950. The van der Waals surface area contributed by atoms with Crippen LogP contribution in [0.15, 0.2) is 24.3 Å². The Balaban J connectivity index is 1.59. The average Bonchev–Trinajstić information content (AvgIpc) is 3.28. The van der Waals surface area contributed by atoms with Gasteiger partial charge in [-0.05, 0) is 43.2 Å². The molecule has 1 aromatic rings. The van der Waals surface area contributed by atoms with Gasteiger partial charge in [0.2, 0.25) is 5.91 Å². The Hall–Kier alpha value is -2.48. The molecule has 170 valence electrons.